The summed E-state index contributed by atoms with van der Waals surface area (Å²) in [6.07, 6.45) is -2.15. The van der Waals surface area contributed by atoms with Crippen LogP contribution in [0.5, 0.6) is 0 Å². The number of hydrogen-bond acceptors (Lipinski definition) is 4. The largest absolute Gasteiger partial charge is 0.416 e. The Morgan fingerprint density at radius 2 is 1.90 bits per heavy atom. The molecule has 2 heterocycles. The van der Waals surface area contributed by atoms with E-state index in [1.54, 1.807) is 0 Å². The lowest BCUT2D eigenvalue weighted by Gasteiger charge is -2.35. The van der Waals surface area contributed by atoms with Crippen LogP contribution in [0.1, 0.15) is 12.0 Å². The summed E-state index contributed by atoms with van der Waals surface area (Å²) in [5, 5.41) is 0. The van der Waals surface area contributed by atoms with Gasteiger partial charge in [-0.2, -0.15) is 13.2 Å². The fourth-order valence-corrected chi connectivity index (χ4v) is 2.28. The van der Waals surface area contributed by atoms with Crippen molar-refractivity contribution in [3.63, 3.8) is 0 Å². The Morgan fingerprint density at radius 1 is 1.20 bits per heavy atom. The summed E-state index contributed by atoms with van der Waals surface area (Å²) in [6, 6.07) is 2.12. The molecule has 1 aliphatic heterocycles. The molecule has 112 valence electrons. The van der Waals surface area contributed by atoms with Gasteiger partial charge in [0.25, 0.3) is 0 Å². The number of alkyl halides is 3. The SMILES string of the molecule is NCCCN1CCN(c2cc(C(F)(F)F)ccn2)CC1. The Kier molecular flexibility index (Phi) is 4.82. The van der Waals surface area contributed by atoms with Crippen LogP contribution in [0.15, 0.2) is 18.3 Å². The zero-order valence-electron chi connectivity index (χ0n) is 11.2. The third-order valence-electron chi connectivity index (χ3n) is 3.45. The van der Waals surface area contributed by atoms with Gasteiger partial charge in [-0.15, -0.1) is 0 Å². The molecule has 0 bridgehead atoms. The zero-order valence-corrected chi connectivity index (χ0v) is 11.2. The van der Waals surface area contributed by atoms with Crippen molar-refractivity contribution >= 4 is 5.82 Å². The highest BCUT2D eigenvalue weighted by Gasteiger charge is 2.31. The van der Waals surface area contributed by atoms with Gasteiger partial charge >= 0.3 is 6.18 Å². The normalized spacial score (nSPS) is 17.5. The lowest BCUT2D eigenvalue weighted by atomic mass is 10.2. The summed E-state index contributed by atoms with van der Waals surface area (Å²) < 4.78 is 38.0. The number of piperazine rings is 1. The zero-order chi connectivity index (χ0) is 14.6. The first-order valence-electron chi connectivity index (χ1n) is 6.71. The second-order valence-electron chi connectivity index (χ2n) is 4.87. The molecule has 20 heavy (non-hydrogen) atoms. The highest BCUT2D eigenvalue weighted by Crippen LogP contribution is 2.30. The molecule has 2 N–H and O–H groups in total. The molecule has 1 saturated heterocycles. The van der Waals surface area contributed by atoms with E-state index in [1.807, 2.05) is 4.90 Å². The molecule has 0 unspecified atom stereocenters. The molecule has 1 aromatic heterocycles. The molecule has 1 aromatic rings. The molecule has 1 aliphatic rings. The standard InChI is InChI=1S/C13H19F3N4/c14-13(15,16)11-2-4-18-12(10-11)20-8-6-19(7-9-20)5-1-3-17/h2,4,10H,1,3,5-9,17H2. The monoisotopic (exact) mass is 288 g/mol. The van der Waals surface area contributed by atoms with Crippen molar-refractivity contribution in [2.24, 2.45) is 5.73 Å². The van der Waals surface area contributed by atoms with Crippen molar-refractivity contribution in [2.75, 3.05) is 44.2 Å². The Balaban J connectivity index is 1.97. The van der Waals surface area contributed by atoms with Gasteiger partial charge in [0.2, 0.25) is 0 Å². The smallest absolute Gasteiger partial charge is 0.354 e. The van der Waals surface area contributed by atoms with Gasteiger partial charge in [-0.1, -0.05) is 0 Å². The van der Waals surface area contributed by atoms with Crippen LogP contribution >= 0.6 is 0 Å². The summed E-state index contributed by atoms with van der Waals surface area (Å²) in [6.45, 7) is 4.66. The van der Waals surface area contributed by atoms with Crippen molar-refractivity contribution in [3.8, 4) is 0 Å². The predicted molar refractivity (Wildman–Crippen MR) is 71.6 cm³/mol. The van der Waals surface area contributed by atoms with E-state index in [2.05, 4.69) is 9.88 Å². The minimum absolute atomic E-state index is 0.401. The summed E-state index contributed by atoms with van der Waals surface area (Å²) in [4.78, 5) is 8.22. The Bertz CT molecular complexity index is 428. The van der Waals surface area contributed by atoms with E-state index in [4.69, 9.17) is 5.73 Å². The maximum absolute atomic E-state index is 12.7. The Labute approximate surface area is 116 Å². The summed E-state index contributed by atoms with van der Waals surface area (Å²) >= 11 is 0. The van der Waals surface area contributed by atoms with Crippen LogP contribution in [0.25, 0.3) is 0 Å². The lowest BCUT2D eigenvalue weighted by Crippen LogP contribution is -2.47. The molecule has 0 spiro atoms. The first-order valence-corrected chi connectivity index (χ1v) is 6.71. The van der Waals surface area contributed by atoms with Gasteiger partial charge in [-0.05, 0) is 31.6 Å². The van der Waals surface area contributed by atoms with Crippen molar-refractivity contribution < 1.29 is 13.2 Å². The third-order valence-corrected chi connectivity index (χ3v) is 3.45. The number of nitrogens with zero attached hydrogens (tertiary/aromatic N) is 3. The second-order valence-corrected chi connectivity index (χ2v) is 4.87. The summed E-state index contributed by atoms with van der Waals surface area (Å²) in [7, 11) is 0. The summed E-state index contributed by atoms with van der Waals surface area (Å²) in [5.74, 6) is 0.401. The number of anilines is 1. The molecule has 0 atom stereocenters. The Morgan fingerprint density at radius 3 is 2.50 bits per heavy atom. The number of hydrogen-bond donors (Lipinski definition) is 1. The molecule has 1 fully saturated rings. The minimum Gasteiger partial charge on any atom is -0.354 e. The van der Waals surface area contributed by atoms with E-state index in [-0.39, 0.29) is 0 Å². The predicted octanol–water partition coefficient (Wildman–Crippen LogP) is 1.57. The van der Waals surface area contributed by atoms with Crippen LogP contribution in [0.4, 0.5) is 19.0 Å². The van der Waals surface area contributed by atoms with Gasteiger partial charge in [0.1, 0.15) is 5.82 Å². The molecular formula is C13H19F3N4. The van der Waals surface area contributed by atoms with Crippen molar-refractivity contribution in [1.29, 1.82) is 0 Å². The van der Waals surface area contributed by atoms with Crippen molar-refractivity contribution in [2.45, 2.75) is 12.6 Å². The number of pyridine rings is 1. The van der Waals surface area contributed by atoms with Gasteiger partial charge in [0, 0.05) is 32.4 Å². The molecular weight excluding hydrogens is 269 g/mol. The van der Waals surface area contributed by atoms with Gasteiger partial charge in [-0.25, -0.2) is 4.98 Å². The number of halogens is 3. The van der Waals surface area contributed by atoms with E-state index in [9.17, 15) is 13.2 Å². The first kappa shape index (κ1) is 15.1. The topological polar surface area (TPSA) is 45.4 Å². The highest BCUT2D eigenvalue weighted by molar-refractivity contribution is 5.42. The quantitative estimate of drug-likeness (QED) is 0.913. The third kappa shape index (κ3) is 3.83. The highest BCUT2D eigenvalue weighted by atomic mass is 19.4. The van der Waals surface area contributed by atoms with E-state index in [0.717, 1.165) is 38.2 Å². The fraction of sp³-hybridized carbons (Fsp3) is 0.615. The van der Waals surface area contributed by atoms with E-state index in [1.165, 1.54) is 6.20 Å². The van der Waals surface area contributed by atoms with Gasteiger partial charge in [0.15, 0.2) is 0 Å². The molecule has 0 aliphatic carbocycles. The van der Waals surface area contributed by atoms with E-state index < -0.39 is 11.7 Å². The van der Waals surface area contributed by atoms with Gasteiger partial charge in [-0.3, -0.25) is 4.90 Å². The van der Waals surface area contributed by atoms with Crippen LogP contribution in [0, 0.1) is 0 Å². The molecule has 2 rings (SSSR count). The van der Waals surface area contributed by atoms with Gasteiger partial charge in [0.05, 0.1) is 5.56 Å². The maximum Gasteiger partial charge on any atom is 0.416 e. The van der Waals surface area contributed by atoms with Crippen LogP contribution in [0.2, 0.25) is 0 Å². The molecule has 0 amide bonds. The molecule has 0 radical (unpaired) electrons. The van der Waals surface area contributed by atoms with Crippen molar-refractivity contribution in [1.82, 2.24) is 9.88 Å². The average Bonchev–Trinajstić information content (AvgIpc) is 2.45. The fourth-order valence-electron chi connectivity index (χ4n) is 2.28. The molecule has 0 saturated carbocycles. The van der Waals surface area contributed by atoms with Crippen LogP contribution in [-0.2, 0) is 6.18 Å². The minimum atomic E-state index is -4.32. The van der Waals surface area contributed by atoms with Crippen LogP contribution in [-0.4, -0.2) is 49.2 Å². The van der Waals surface area contributed by atoms with Crippen LogP contribution < -0.4 is 10.6 Å². The number of aromatic nitrogens is 1. The average molecular weight is 288 g/mol. The maximum atomic E-state index is 12.7. The molecule has 7 heteroatoms. The van der Waals surface area contributed by atoms with E-state index in [0.29, 0.717) is 25.5 Å². The van der Waals surface area contributed by atoms with Crippen molar-refractivity contribution in [3.05, 3.63) is 23.9 Å². The number of rotatable bonds is 4. The molecule has 0 aromatic carbocycles. The van der Waals surface area contributed by atoms with Gasteiger partial charge < -0.3 is 10.6 Å². The first-order chi connectivity index (χ1) is 9.50. The summed E-state index contributed by atoms with van der Waals surface area (Å²) in [5.41, 5.74) is 4.82. The number of nitrogens with two attached hydrogens (primary N) is 1. The molecule has 4 nitrogen and oxygen atoms in total. The second kappa shape index (κ2) is 6.41. The van der Waals surface area contributed by atoms with Crippen LogP contribution in [0.3, 0.4) is 0 Å². The Hall–Kier alpha value is -1.34. The lowest BCUT2D eigenvalue weighted by molar-refractivity contribution is -0.137. The van der Waals surface area contributed by atoms with E-state index >= 15 is 0 Å².